The third-order valence-corrected chi connectivity index (χ3v) is 17.3. The number of rotatable bonds is 5. The molecule has 4 aromatic heterocycles. The zero-order valence-corrected chi connectivity index (χ0v) is 40.2. The number of aromatic nitrogens is 2. The Morgan fingerprint density at radius 2 is 0.946 bits per heavy atom. The van der Waals surface area contributed by atoms with Crippen LogP contribution in [0.4, 0.5) is 5.69 Å². The molecule has 0 amide bonds. The normalized spacial score (nSPS) is 13.9. The Hall–Kier alpha value is -9.56. The molecule has 0 saturated carbocycles. The molecule has 0 aliphatic heterocycles. The summed E-state index contributed by atoms with van der Waals surface area (Å²) in [6.45, 7) is 9.51. The van der Waals surface area contributed by atoms with Crippen LogP contribution in [-0.2, 0) is 0 Å². The minimum absolute atomic E-state index is 0.0673. The predicted molar refractivity (Wildman–Crippen MR) is 314 cm³/mol. The van der Waals surface area contributed by atoms with Crippen LogP contribution in [0.2, 0.25) is 0 Å². The van der Waals surface area contributed by atoms with Gasteiger partial charge in [0, 0.05) is 63.6 Å². The van der Waals surface area contributed by atoms with E-state index in [1.165, 1.54) is 4.57 Å². The maximum atomic E-state index is 12.4. The lowest BCUT2D eigenvalue weighted by Crippen LogP contribution is -2.09. The Morgan fingerprint density at radius 1 is 0.432 bits per heavy atom. The molecule has 6 heteroatoms. The number of thiophene rings is 2. The standard InChI is InChI=1S/C68H36N4S2/c1-70-61-57(40-20-7-3-8-21-40)53(38-69)62(58(41-22-9-4-10-23-41)65(61)71-54-31-16-28-46-43-24-11-12-25-44(43)47-29-17-32-55(71)60(47)59(46)54)72-63-48(34-36-51-45-26-13-14-33-56(45)73-67(51)63)49-35-37-52-50-30-15-27-42(39-18-5-2-6-19-39)66(50)74-68(52)64(49)72/h2-37H/i11D,12D,16D,17D,24D,25D,28D,29D,31D,32D. The highest BCUT2D eigenvalue weighted by atomic mass is 32.1. The van der Waals surface area contributed by atoms with Gasteiger partial charge in [0.2, 0.25) is 5.69 Å². The van der Waals surface area contributed by atoms with Crippen LogP contribution >= 0.6 is 22.7 Å². The molecule has 0 saturated heterocycles. The van der Waals surface area contributed by atoms with Gasteiger partial charge in [-0.1, -0.05) is 200 Å². The summed E-state index contributed by atoms with van der Waals surface area (Å²) < 4.78 is 103. The third-order valence-electron chi connectivity index (χ3n) is 14.8. The van der Waals surface area contributed by atoms with Crippen LogP contribution in [0.15, 0.2) is 218 Å². The highest BCUT2D eigenvalue weighted by Gasteiger charge is 2.33. The Labute approximate surface area is 445 Å². The minimum atomic E-state index is -0.615. The number of hydrogen-bond acceptors (Lipinski definition) is 3. The van der Waals surface area contributed by atoms with E-state index in [1.807, 2.05) is 91.0 Å². The summed E-state index contributed by atoms with van der Waals surface area (Å²) in [7, 11) is 0. The van der Waals surface area contributed by atoms with Crippen LogP contribution in [0.1, 0.15) is 19.3 Å². The van der Waals surface area contributed by atoms with Gasteiger partial charge in [-0.15, -0.1) is 22.7 Å². The van der Waals surface area contributed by atoms with Crippen molar-refractivity contribution in [2.75, 3.05) is 0 Å². The molecule has 0 atom stereocenters. The smallest absolute Gasteiger partial charge is 0.220 e. The number of nitriles is 1. The van der Waals surface area contributed by atoms with E-state index in [4.69, 9.17) is 2.74 Å². The van der Waals surface area contributed by atoms with E-state index in [0.29, 0.717) is 22.4 Å². The van der Waals surface area contributed by atoms with Gasteiger partial charge in [-0.05, 0) is 61.9 Å². The first-order valence-corrected chi connectivity index (χ1v) is 25.6. The van der Waals surface area contributed by atoms with Crippen LogP contribution in [0.3, 0.4) is 0 Å². The molecule has 0 fully saturated rings. The second-order valence-corrected chi connectivity index (χ2v) is 20.5. The quantitative estimate of drug-likeness (QED) is 0.125. The third kappa shape index (κ3) is 5.43. The summed E-state index contributed by atoms with van der Waals surface area (Å²) in [5, 5.41) is 17.8. The van der Waals surface area contributed by atoms with E-state index in [2.05, 4.69) is 82.2 Å². The van der Waals surface area contributed by atoms with Gasteiger partial charge in [0.05, 0.1) is 68.7 Å². The minimum Gasteiger partial charge on any atom is -0.318 e. The Balaban J connectivity index is 1.24. The molecule has 4 heterocycles. The summed E-state index contributed by atoms with van der Waals surface area (Å²) in [5.74, 6) is 0. The molecule has 16 rings (SSSR count). The molecular formula is C68H36N4S2. The molecule has 0 N–H and O–H groups in total. The van der Waals surface area contributed by atoms with E-state index in [0.717, 1.165) is 73.3 Å². The molecule has 12 aromatic carbocycles. The van der Waals surface area contributed by atoms with Crippen LogP contribution in [-0.4, -0.2) is 9.13 Å². The molecule has 0 unspecified atom stereocenters. The van der Waals surface area contributed by atoms with Gasteiger partial charge in [0.1, 0.15) is 6.07 Å². The lowest BCUT2D eigenvalue weighted by atomic mass is 9.88. The monoisotopic (exact) mass is 982 g/mol. The van der Waals surface area contributed by atoms with Gasteiger partial charge >= 0.3 is 0 Å². The second-order valence-electron chi connectivity index (χ2n) is 18.4. The fourth-order valence-corrected chi connectivity index (χ4v) is 14.4. The van der Waals surface area contributed by atoms with Crippen molar-refractivity contribution in [2.45, 2.75) is 0 Å². The Kier molecular flexibility index (Phi) is 6.78. The fourth-order valence-electron chi connectivity index (χ4n) is 11.8. The highest BCUT2D eigenvalue weighted by molar-refractivity contribution is 7.27. The van der Waals surface area contributed by atoms with E-state index in [1.54, 1.807) is 22.7 Å². The van der Waals surface area contributed by atoms with Crippen molar-refractivity contribution >= 4 is 134 Å². The maximum Gasteiger partial charge on any atom is 0.220 e. The van der Waals surface area contributed by atoms with Crippen molar-refractivity contribution in [2.24, 2.45) is 0 Å². The topological polar surface area (TPSA) is 38.0 Å². The van der Waals surface area contributed by atoms with E-state index < -0.39 is 60.4 Å². The average molecular weight is 983 g/mol. The first-order valence-electron chi connectivity index (χ1n) is 29.0. The van der Waals surface area contributed by atoms with Gasteiger partial charge in [-0.25, -0.2) is 4.85 Å². The van der Waals surface area contributed by atoms with Crippen molar-refractivity contribution < 1.29 is 13.7 Å². The molecule has 16 aromatic rings. The van der Waals surface area contributed by atoms with Gasteiger partial charge < -0.3 is 9.13 Å². The van der Waals surface area contributed by atoms with Crippen LogP contribution < -0.4 is 0 Å². The van der Waals surface area contributed by atoms with Gasteiger partial charge in [-0.3, -0.25) is 0 Å². The molecule has 340 valence electrons. The van der Waals surface area contributed by atoms with Crippen LogP contribution in [0.25, 0.3) is 155 Å². The largest absolute Gasteiger partial charge is 0.318 e. The summed E-state index contributed by atoms with van der Waals surface area (Å²) in [6, 6.07) is 49.2. The predicted octanol–water partition coefficient (Wildman–Crippen LogP) is 19.8. The molecule has 0 spiro atoms. The molecule has 4 nitrogen and oxygen atoms in total. The Morgan fingerprint density at radius 3 is 1.57 bits per heavy atom. The average Bonchev–Trinajstić information content (AvgIpc) is 1.49. The zero-order valence-electron chi connectivity index (χ0n) is 48.6. The lowest BCUT2D eigenvalue weighted by molar-refractivity contribution is 1.14. The maximum absolute atomic E-state index is 12.4. The summed E-state index contributed by atoms with van der Waals surface area (Å²) >= 11 is 3.29. The van der Waals surface area contributed by atoms with E-state index >= 15 is 0 Å². The molecule has 0 aliphatic rings. The number of fused-ring (bicyclic) bond motifs is 14. The van der Waals surface area contributed by atoms with Crippen molar-refractivity contribution in [3.8, 4) is 50.8 Å². The molecule has 0 aliphatic carbocycles. The lowest BCUT2D eigenvalue weighted by Gasteiger charge is -2.26. The fraction of sp³-hybridized carbons (Fsp3) is 0. The van der Waals surface area contributed by atoms with Crippen molar-refractivity contribution in [3.63, 3.8) is 0 Å². The number of benzene rings is 12. The van der Waals surface area contributed by atoms with Crippen molar-refractivity contribution in [1.29, 1.82) is 5.26 Å². The summed E-state index contributed by atoms with van der Waals surface area (Å²) in [5.41, 5.74) is 5.60. The Bertz CT molecular complexity index is 5640. The zero-order chi connectivity index (χ0) is 57.5. The highest BCUT2D eigenvalue weighted by Crippen LogP contribution is 2.56. The van der Waals surface area contributed by atoms with Crippen LogP contribution in [0.5, 0.6) is 0 Å². The van der Waals surface area contributed by atoms with Crippen molar-refractivity contribution in [3.05, 3.63) is 235 Å². The van der Waals surface area contributed by atoms with E-state index in [9.17, 15) is 22.8 Å². The van der Waals surface area contributed by atoms with Crippen LogP contribution in [0, 0.1) is 17.9 Å². The first-order chi connectivity index (χ1) is 40.9. The molecular weight excluding hydrogens is 937 g/mol. The molecule has 0 bridgehead atoms. The number of nitrogens with zero attached hydrogens (tertiary/aromatic N) is 4. The van der Waals surface area contributed by atoms with Gasteiger partial charge in [0.25, 0.3) is 0 Å². The molecule has 74 heavy (non-hydrogen) atoms. The summed E-state index contributed by atoms with van der Waals surface area (Å²) in [4.78, 5) is 4.42. The first kappa shape index (κ1) is 32.4. The SMILES string of the molecule is [2H]c1c([2H])c([2H])c2c(c1[2H])c1c([2H])c([2H])c([2H])c3c1c1c2c([2H])c([2H])c([2H])c1n3-c1c([N+]#[C-])c(-c2ccccc2)c(C#N)c(-n2c3c(ccc4c5ccccc5sc43)c3ccc4c5cccc(-c6ccccc6)c5sc4c32)c1-c1ccccc1. The summed E-state index contributed by atoms with van der Waals surface area (Å²) in [6.07, 6.45) is 0. The van der Waals surface area contributed by atoms with Gasteiger partial charge in [0.15, 0.2) is 0 Å². The van der Waals surface area contributed by atoms with E-state index in [-0.39, 0.29) is 65.9 Å². The molecule has 0 radical (unpaired) electrons. The van der Waals surface area contributed by atoms with Gasteiger partial charge in [-0.2, -0.15) is 5.26 Å². The second kappa shape index (κ2) is 15.5. The number of hydrogen-bond donors (Lipinski definition) is 0. The van der Waals surface area contributed by atoms with Crippen molar-refractivity contribution in [1.82, 2.24) is 9.13 Å².